The van der Waals surface area contributed by atoms with Gasteiger partial charge in [-0.15, -0.1) is 0 Å². The Morgan fingerprint density at radius 3 is 2.67 bits per heavy atom. The topological polar surface area (TPSA) is 41.1 Å². The molecule has 2 aliphatic rings. The Balaban J connectivity index is 1.87. The van der Waals surface area contributed by atoms with Crippen LogP contribution in [0, 0.1) is 17.3 Å². The molecule has 0 spiro atoms. The highest BCUT2D eigenvalue weighted by molar-refractivity contribution is 5.82. The van der Waals surface area contributed by atoms with E-state index in [1.807, 2.05) is 0 Å². The van der Waals surface area contributed by atoms with Gasteiger partial charge in [0.25, 0.3) is 0 Å². The molecule has 4 unspecified atom stereocenters. The van der Waals surface area contributed by atoms with E-state index in [1.54, 1.807) is 0 Å². The van der Waals surface area contributed by atoms with Crippen molar-refractivity contribution < 1.29 is 4.79 Å². The van der Waals surface area contributed by atoms with Gasteiger partial charge in [0.1, 0.15) is 0 Å². The molecule has 0 aromatic heterocycles. The Kier molecular flexibility index (Phi) is 4.31. The summed E-state index contributed by atoms with van der Waals surface area (Å²) in [5.41, 5.74) is -0.190. The molecule has 18 heavy (non-hydrogen) atoms. The minimum Gasteiger partial charge on any atom is -0.353 e. The number of hydrogen-bond acceptors (Lipinski definition) is 2. The molecular formula is C15H28N2O. The molecule has 0 aromatic carbocycles. The molecule has 1 saturated carbocycles. The lowest BCUT2D eigenvalue weighted by Crippen LogP contribution is -2.52. The molecule has 1 saturated heterocycles. The number of carbonyl (C=O) groups excluding carboxylic acids is 1. The fraction of sp³-hybridized carbons (Fsp3) is 0.933. The van der Waals surface area contributed by atoms with Crippen molar-refractivity contribution in [1.29, 1.82) is 0 Å². The molecule has 4 atom stereocenters. The predicted molar refractivity (Wildman–Crippen MR) is 74.3 cm³/mol. The molecule has 1 aliphatic heterocycles. The monoisotopic (exact) mass is 252 g/mol. The minimum atomic E-state index is -0.190. The molecule has 2 rings (SSSR count). The molecule has 3 heteroatoms. The molecule has 2 fully saturated rings. The third-order valence-corrected chi connectivity index (χ3v) is 5.08. The second-order valence-electron chi connectivity index (χ2n) is 6.78. The van der Waals surface area contributed by atoms with Crippen LogP contribution in [0.25, 0.3) is 0 Å². The molecule has 104 valence electrons. The van der Waals surface area contributed by atoms with Gasteiger partial charge < -0.3 is 10.6 Å². The van der Waals surface area contributed by atoms with Crippen molar-refractivity contribution in [2.24, 2.45) is 17.3 Å². The van der Waals surface area contributed by atoms with Crippen LogP contribution in [0.5, 0.6) is 0 Å². The van der Waals surface area contributed by atoms with Crippen molar-refractivity contribution in [3.8, 4) is 0 Å². The van der Waals surface area contributed by atoms with Gasteiger partial charge in [-0.2, -0.15) is 0 Å². The van der Waals surface area contributed by atoms with E-state index in [2.05, 4.69) is 31.4 Å². The van der Waals surface area contributed by atoms with Crippen LogP contribution >= 0.6 is 0 Å². The molecule has 0 aromatic rings. The Bertz CT molecular complexity index is 297. The molecule has 1 heterocycles. The first kappa shape index (κ1) is 13.9. The van der Waals surface area contributed by atoms with Crippen molar-refractivity contribution in [2.45, 2.75) is 58.9 Å². The molecule has 2 N–H and O–H groups in total. The average Bonchev–Trinajstić information content (AvgIpc) is 2.35. The number of nitrogens with one attached hydrogen (secondary N) is 2. The van der Waals surface area contributed by atoms with Gasteiger partial charge in [0, 0.05) is 12.6 Å². The van der Waals surface area contributed by atoms with E-state index < -0.39 is 0 Å². The van der Waals surface area contributed by atoms with Gasteiger partial charge in [0.15, 0.2) is 0 Å². The largest absolute Gasteiger partial charge is 0.353 e. The highest BCUT2D eigenvalue weighted by Gasteiger charge is 2.36. The van der Waals surface area contributed by atoms with Gasteiger partial charge in [-0.05, 0) is 57.4 Å². The summed E-state index contributed by atoms with van der Waals surface area (Å²) >= 11 is 0. The molecular weight excluding hydrogens is 224 g/mol. The first-order valence-corrected chi connectivity index (χ1v) is 7.53. The number of amides is 1. The summed E-state index contributed by atoms with van der Waals surface area (Å²) in [5.74, 6) is 1.81. The zero-order valence-electron chi connectivity index (χ0n) is 12.1. The van der Waals surface area contributed by atoms with E-state index in [1.165, 1.54) is 6.42 Å². The molecule has 1 amide bonds. The maximum atomic E-state index is 12.4. The highest BCUT2D eigenvalue weighted by atomic mass is 16.2. The number of hydrogen-bond donors (Lipinski definition) is 2. The van der Waals surface area contributed by atoms with E-state index in [9.17, 15) is 4.79 Å². The summed E-state index contributed by atoms with van der Waals surface area (Å²) in [7, 11) is 0. The summed E-state index contributed by atoms with van der Waals surface area (Å²) in [4.78, 5) is 12.4. The Hall–Kier alpha value is -0.570. The van der Waals surface area contributed by atoms with Gasteiger partial charge in [0.05, 0.1) is 5.41 Å². The van der Waals surface area contributed by atoms with Gasteiger partial charge in [-0.1, -0.05) is 13.8 Å². The summed E-state index contributed by atoms with van der Waals surface area (Å²) < 4.78 is 0. The lowest BCUT2D eigenvalue weighted by atomic mass is 9.77. The number of piperidine rings is 1. The zero-order chi connectivity index (χ0) is 13.2. The average molecular weight is 252 g/mol. The summed E-state index contributed by atoms with van der Waals surface area (Å²) in [5, 5.41) is 6.65. The number of carbonyl (C=O) groups is 1. The lowest BCUT2D eigenvalue weighted by Gasteiger charge is -2.37. The van der Waals surface area contributed by atoms with Crippen molar-refractivity contribution in [1.82, 2.24) is 10.6 Å². The van der Waals surface area contributed by atoms with Gasteiger partial charge in [-0.3, -0.25) is 4.79 Å². The zero-order valence-corrected chi connectivity index (χ0v) is 12.1. The second-order valence-corrected chi connectivity index (χ2v) is 6.78. The highest BCUT2D eigenvalue weighted by Crippen LogP contribution is 2.31. The van der Waals surface area contributed by atoms with Crippen LogP contribution in [-0.2, 0) is 4.79 Å². The fourth-order valence-corrected chi connectivity index (χ4v) is 3.29. The van der Waals surface area contributed by atoms with Crippen LogP contribution < -0.4 is 10.6 Å². The van der Waals surface area contributed by atoms with Crippen LogP contribution in [0.2, 0.25) is 0 Å². The van der Waals surface area contributed by atoms with Crippen LogP contribution in [0.15, 0.2) is 0 Å². The molecule has 3 nitrogen and oxygen atoms in total. The maximum Gasteiger partial charge on any atom is 0.227 e. The normalized spacial score (nSPS) is 41.4. The second kappa shape index (κ2) is 5.60. The Morgan fingerprint density at radius 2 is 2.06 bits per heavy atom. The SMILES string of the molecule is CC1CCC(NC(=O)C2(C)CCCNC2)CC1C. The molecule has 0 bridgehead atoms. The first-order chi connectivity index (χ1) is 8.51. The van der Waals surface area contributed by atoms with Crippen molar-refractivity contribution in [3.63, 3.8) is 0 Å². The van der Waals surface area contributed by atoms with Crippen LogP contribution in [0.1, 0.15) is 52.9 Å². The van der Waals surface area contributed by atoms with Gasteiger partial charge >= 0.3 is 0 Å². The third kappa shape index (κ3) is 3.05. The van der Waals surface area contributed by atoms with Gasteiger partial charge in [-0.25, -0.2) is 0 Å². The summed E-state index contributed by atoms with van der Waals surface area (Å²) in [6.07, 6.45) is 5.69. The van der Waals surface area contributed by atoms with Crippen molar-refractivity contribution in [3.05, 3.63) is 0 Å². The minimum absolute atomic E-state index is 0.190. The van der Waals surface area contributed by atoms with Crippen LogP contribution in [-0.4, -0.2) is 25.0 Å². The predicted octanol–water partition coefficient (Wildman–Crippen LogP) is 2.32. The standard InChI is InChI=1S/C15H28N2O/c1-11-5-6-13(9-12(11)2)17-14(18)15(3)7-4-8-16-10-15/h11-13,16H,4-10H2,1-3H3,(H,17,18). The van der Waals surface area contributed by atoms with E-state index in [-0.39, 0.29) is 11.3 Å². The Morgan fingerprint density at radius 1 is 1.28 bits per heavy atom. The fourth-order valence-electron chi connectivity index (χ4n) is 3.29. The first-order valence-electron chi connectivity index (χ1n) is 7.53. The molecule has 0 radical (unpaired) electrons. The summed E-state index contributed by atoms with van der Waals surface area (Å²) in [6.45, 7) is 8.63. The smallest absolute Gasteiger partial charge is 0.227 e. The van der Waals surface area contributed by atoms with Crippen LogP contribution in [0.3, 0.4) is 0 Å². The van der Waals surface area contributed by atoms with E-state index in [0.717, 1.165) is 50.6 Å². The van der Waals surface area contributed by atoms with Crippen molar-refractivity contribution in [2.75, 3.05) is 13.1 Å². The summed E-state index contributed by atoms with van der Waals surface area (Å²) in [6, 6.07) is 0.405. The van der Waals surface area contributed by atoms with Crippen molar-refractivity contribution >= 4 is 5.91 Å². The molecule has 1 aliphatic carbocycles. The quantitative estimate of drug-likeness (QED) is 0.792. The van der Waals surface area contributed by atoms with E-state index >= 15 is 0 Å². The van der Waals surface area contributed by atoms with E-state index in [0.29, 0.717) is 6.04 Å². The maximum absolute atomic E-state index is 12.4. The van der Waals surface area contributed by atoms with Crippen LogP contribution in [0.4, 0.5) is 0 Å². The third-order valence-electron chi connectivity index (χ3n) is 5.08. The number of rotatable bonds is 2. The van der Waals surface area contributed by atoms with Gasteiger partial charge in [0.2, 0.25) is 5.91 Å². The Labute approximate surface area is 111 Å². The van der Waals surface area contributed by atoms with E-state index in [4.69, 9.17) is 0 Å². The lowest BCUT2D eigenvalue weighted by molar-refractivity contribution is -0.132.